The van der Waals surface area contributed by atoms with Gasteiger partial charge in [0.25, 0.3) is 0 Å². The topological polar surface area (TPSA) is 47.7 Å². The summed E-state index contributed by atoms with van der Waals surface area (Å²) >= 11 is 0. The van der Waals surface area contributed by atoms with Gasteiger partial charge in [0.05, 0.1) is 18.3 Å². The molecule has 0 spiro atoms. The second-order valence-electron chi connectivity index (χ2n) is 4.62. The molecule has 18 heavy (non-hydrogen) atoms. The van der Waals surface area contributed by atoms with Gasteiger partial charge in [-0.15, -0.1) is 0 Å². The van der Waals surface area contributed by atoms with Gasteiger partial charge in [-0.1, -0.05) is 6.92 Å². The molecule has 0 saturated heterocycles. The van der Waals surface area contributed by atoms with E-state index in [-0.39, 0.29) is 0 Å². The van der Waals surface area contributed by atoms with Crippen molar-refractivity contribution in [1.82, 2.24) is 19.3 Å². The van der Waals surface area contributed by atoms with Crippen molar-refractivity contribution >= 4 is 5.95 Å². The van der Waals surface area contributed by atoms with Crippen molar-refractivity contribution in [3.8, 4) is 0 Å². The predicted molar refractivity (Wildman–Crippen MR) is 72.7 cm³/mol. The minimum Gasteiger partial charge on any atom is -0.356 e. The number of hydrogen-bond donors (Lipinski definition) is 1. The summed E-state index contributed by atoms with van der Waals surface area (Å²) in [6, 6.07) is 2.27. The van der Waals surface area contributed by atoms with Gasteiger partial charge in [-0.2, -0.15) is 5.10 Å². The van der Waals surface area contributed by atoms with Gasteiger partial charge in [-0.05, 0) is 26.3 Å². The van der Waals surface area contributed by atoms with Crippen molar-refractivity contribution in [2.24, 2.45) is 0 Å². The molecule has 0 aliphatic rings. The zero-order valence-corrected chi connectivity index (χ0v) is 11.3. The van der Waals surface area contributed by atoms with Gasteiger partial charge in [0.2, 0.25) is 5.95 Å². The van der Waals surface area contributed by atoms with E-state index in [9.17, 15) is 0 Å². The molecular formula is C13H21N5. The molecule has 0 radical (unpaired) electrons. The van der Waals surface area contributed by atoms with Crippen LogP contribution in [0.5, 0.6) is 0 Å². The third-order valence-corrected chi connectivity index (χ3v) is 2.87. The summed E-state index contributed by atoms with van der Waals surface area (Å²) in [5.41, 5.74) is 1.04. The first-order valence-electron chi connectivity index (χ1n) is 6.47. The summed E-state index contributed by atoms with van der Waals surface area (Å²) < 4.78 is 4.14. The quantitative estimate of drug-likeness (QED) is 0.853. The maximum atomic E-state index is 4.52. The van der Waals surface area contributed by atoms with Crippen LogP contribution in [0.15, 0.2) is 24.7 Å². The van der Waals surface area contributed by atoms with Crippen LogP contribution in [0.1, 0.15) is 32.0 Å². The highest BCUT2D eigenvalue weighted by Crippen LogP contribution is 2.17. The van der Waals surface area contributed by atoms with Crippen LogP contribution in [0.2, 0.25) is 0 Å². The molecule has 2 heterocycles. The van der Waals surface area contributed by atoms with E-state index in [0.717, 1.165) is 31.2 Å². The Morgan fingerprint density at radius 3 is 2.94 bits per heavy atom. The summed E-state index contributed by atoms with van der Waals surface area (Å²) in [5, 5.41) is 7.61. The van der Waals surface area contributed by atoms with E-state index in [1.165, 1.54) is 0 Å². The molecule has 0 aromatic carbocycles. The number of hydrogen-bond acceptors (Lipinski definition) is 3. The first kappa shape index (κ1) is 12.7. The standard InChI is InChI=1S/C13H21N5/c1-4-6-14-13-16-11(2)9-18(13)12(3)10-17-8-5-7-15-17/h5,7-9,12H,4,6,10H2,1-3H3,(H,14,16). The smallest absolute Gasteiger partial charge is 0.203 e. The van der Waals surface area contributed by atoms with Gasteiger partial charge < -0.3 is 9.88 Å². The van der Waals surface area contributed by atoms with Gasteiger partial charge in [-0.3, -0.25) is 4.68 Å². The first-order chi connectivity index (χ1) is 8.70. The summed E-state index contributed by atoms with van der Waals surface area (Å²) in [7, 11) is 0. The van der Waals surface area contributed by atoms with Crippen LogP contribution in [-0.2, 0) is 6.54 Å². The van der Waals surface area contributed by atoms with Gasteiger partial charge in [0.1, 0.15) is 0 Å². The normalized spacial score (nSPS) is 12.6. The summed E-state index contributed by atoms with van der Waals surface area (Å²) in [6.45, 7) is 8.16. The molecule has 5 heteroatoms. The van der Waals surface area contributed by atoms with E-state index < -0.39 is 0 Å². The van der Waals surface area contributed by atoms with Gasteiger partial charge in [-0.25, -0.2) is 4.98 Å². The second kappa shape index (κ2) is 5.71. The SMILES string of the molecule is CCCNc1nc(C)cn1C(C)Cn1cccn1. The molecule has 0 aliphatic carbocycles. The molecule has 1 atom stereocenters. The maximum Gasteiger partial charge on any atom is 0.203 e. The lowest BCUT2D eigenvalue weighted by Crippen LogP contribution is -2.16. The Morgan fingerprint density at radius 1 is 1.44 bits per heavy atom. The first-order valence-corrected chi connectivity index (χ1v) is 6.47. The molecule has 1 N–H and O–H groups in total. The lowest BCUT2D eigenvalue weighted by Gasteiger charge is -2.16. The molecular weight excluding hydrogens is 226 g/mol. The van der Waals surface area contributed by atoms with Gasteiger partial charge >= 0.3 is 0 Å². The third-order valence-electron chi connectivity index (χ3n) is 2.87. The van der Waals surface area contributed by atoms with Crippen molar-refractivity contribution in [2.45, 2.75) is 39.8 Å². The molecule has 0 saturated carbocycles. The number of aromatic nitrogens is 4. The Bertz CT molecular complexity index is 472. The van der Waals surface area contributed by atoms with Gasteiger partial charge in [0.15, 0.2) is 0 Å². The maximum absolute atomic E-state index is 4.52. The molecule has 2 aromatic rings. The molecule has 2 aromatic heterocycles. The van der Waals surface area contributed by atoms with E-state index in [1.807, 2.05) is 30.1 Å². The number of rotatable bonds is 6. The van der Waals surface area contributed by atoms with E-state index in [1.54, 1.807) is 0 Å². The molecule has 0 fully saturated rings. The van der Waals surface area contributed by atoms with Crippen LogP contribution in [0, 0.1) is 6.92 Å². The summed E-state index contributed by atoms with van der Waals surface area (Å²) in [5.74, 6) is 0.953. The highest BCUT2D eigenvalue weighted by atomic mass is 15.3. The Balaban J connectivity index is 2.10. The molecule has 0 amide bonds. The fourth-order valence-corrected chi connectivity index (χ4v) is 1.99. The summed E-state index contributed by atoms with van der Waals surface area (Å²) in [4.78, 5) is 4.52. The monoisotopic (exact) mass is 247 g/mol. The number of aryl methyl sites for hydroxylation is 1. The van der Waals surface area contributed by atoms with Crippen LogP contribution in [0.25, 0.3) is 0 Å². The lowest BCUT2D eigenvalue weighted by molar-refractivity contribution is 0.440. The van der Waals surface area contributed by atoms with E-state index in [0.29, 0.717) is 6.04 Å². The van der Waals surface area contributed by atoms with Crippen molar-refractivity contribution in [3.63, 3.8) is 0 Å². The highest BCUT2D eigenvalue weighted by molar-refractivity contribution is 5.29. The molecule has 2 rings (SSSR count). The Hall–Kier alpha value is -1.78. The highest BCUT2D eigenvalue weighted by Gasteiger charge is 2.12. The molecule has 1 unspecified atom stereocenters. The molecule has 0 aliphatic heterocycles. The minimum atomic E-state index is 0.324. The zero-order chi connectivity index (χ0) is 13.0. The fraction of sp³-hybridized carbons (Fsp3) is 0.538. The minimum absolute atomic E-state index is 0.324. The second-order valence-corrected chi connectivity index (χ2v) is 4.62. The predicted octanol–water partition coefficient (Wildman–Crippen LogP) is 2.47. The molecule has 98 valence electrons. The molecule has 5 nitrogen and oxygen atoms in total. The Morgan fingerprint density at radius 2 is 2.28 bits per heavy atom. The number of imidazole rings is 1. The van der Waals surface area contributed by atoms with Crippen molar-refractivity contribution in [1.29, 1.82) is 0 Å². The Labute approximate surface area is 108 Å². The zero-order valence-electron chi connectivity index (χ0n) is 11.3. The van der Waals surface area contributed by atoms with Crippen LogP contribution >= 0.6 is 0 Å². The van der Waals surface area contributed by atoms with Crippen molar-refractivity contribution in [3.05, 3.63) is 30.4 Å². The van der Waals surface area contributed by atoms with E-state index in [2.05, 4.69) is 40.0 Å². The average molecular weight is 247 g/mol. The lowest BCUT2D eigenvalue weighted by atomic mass is 10.3. The molecule has 0 bridgehead atoms. The van der Waals surface area contributed by atoms with Crippen molar-refractivity contribution < 1.29 is 0 Å². The van der Waals surface area contributed by atoms with E-state index >= 15 is 0 Å². The van der Waals surface area contributed by atoms with Crippen LogP contribution in [0.4, 0.5) is 5.95 Å². The van der Waals surface area contributed by atoms with Crippen LogP contribution in [0.3, 0.4) is 0 Å². The number of nitrogens with one attached hydrogen (secondary N) is 1. The van der Waals surface area contributed by atoms with Crippen LogP contribution in [-0.4, -0.2) is 25.9 Å². The van der Waals surface area contributed by atoms with Gasteiger partial charge in [0, 0.05) is 25.1 Å². The van der Waals surface area contributed by atoms with E-state index in [4.69, 9.17) is 0 Å². The van der Waals surface area contributed by atoms with Crippen LogP contribution < -0.4 is 5.32 Å². The fourth-order valence-electron chi connectivity index (χ4n) is 1.99. The number of anilines is 1. The van der Waals surface area contributed by atoms with Crippen molar-refractivity contribution in [2.75, 3.05) is 11.9 Å². The summed E-state index contributed by atoms with van der Waals surface area (Å²) in [6.07, 6.45) is 6.98. The average Bonchev–Trinajstić information content (AvgIpc) is 2.96. The number of nitrogens with zero attached hydrogens (tertiary/aromatic N) is 4. The Kier molecular flexibility index (Phi) is 4.02. The third kappa shape index (κ3) is 2.91. The largest absolute Gasteiger partial charge is 0.356 e.